The third-order valence-corrected chi connectivity index (χ3v) is 5.18. The van der Waals surface area contributed by atoms with Gasteiger partial charge < -0.3 is 10.1 Å². The van der Waals surface area contributed by atoms with Crippen molar-refractivity contribution >= 4 is 17.7 Å². The summed E-state index contributed by atoms with van der Waals surface area (Å²) in [5.74, 6) is 0.408. The summed E-state index contributed by atoms with van der Waals surface area (Å²) < 4.78 is 5.18. The predicted octanol–water partition coefficient (Wildman–Crippen LogP) is 2.09. The Kier molecular flexibility index (Phi) is 5.03. The molecule has 0 radical (unpaired) electrons. The van der Waals surface area contributed by atoms with Crippen LogP contribution >= 0.6 is 0 Å². The molecule has 1 saturated carbocycles. The van der Waals surface area contributed by atoms with Gasteiger partial charge in [0.15, 0.2) is 0 Å². The second-order valence-corrected chi connectivity index (χ2v) is 7.65. The number of rotatable bonds is 6. The first kappa shape index (κ1) is 18.4. The summed E-state index contributed by atoms with van der Waals surface area (Å²) in [5, 5.41) is 2.90. The van der Waals surface area contributed by atoms with Crippen molar-refractivity contribution in [3.8, 4) is 5.75 Å². The quantitative estimate of drug-likeness (QED) is 0.790. The van der Waals surface area contributed by atoms with E-state index in [0.29, 0.717) is 12.3 Å². The molecule has 2 aliphatic rings. The summed E-state index contributed by atoms with van der Waals surface area (Å²) in [4.78, 5) is 38.3. The van der Waals surface area contributed by atoms with E-state index in [4.69, 9.17) is 4.74 Å². The standard InChI is InChI=1S/C20H26N2O4/c1-11(2)9-14-10-16(24)22(20(14)25)19-17(18(19)21-12(3)23)13-5-7-15(26-4)8-6-13/h5-8,11,14,17-19H,9-10H2,1-4H3,(H,21,23)/t14-,17-,18+,19+/m1/s1. The van der Waals surface area contributed by atoms with E-state index in [-0.39, 0.29) is 48.1 Å². The molecule has 0 aromatic heterocycles. The SMILES string of the molecule is COc1ccc([C@@H]2[C@H](NC(C)=O)[C@H]2N2C(=O)C[C@@H](CC(C)C)C2=O)cc1. The molecular formula is C20H26N2O4. The molecule has 3 amide bonds. The molecule has 1 heterocycles. The zero-order chi connectivity index (χ0) is 19.0. The van der Waals surface area contributed by atoms with Gasteiger partial charge in [-0.15, -0.1) is 0 Å². The Labute approximate surface area is 153 Å². The van der Waals surface area contributed by atoms with Crippen LogP contribution in [0.3, 0.4) is 0 Å². The van der Waals surface area contributed by atoms with Gasteiger partial charge in [-0.25, -0.2) is 0 Å². The molecule has 1 aliphatic heterocycles. The molecule has 6 heteroatoms. The maximum atomic E-state index is 12.8. The fourth-order valence-corrected chi connectivity index (χ4v) is 4.04. The fraction of sp³-hybridized carbons (Fsp3) is 0.550. The van der Waals surface area contributed by atoms with Crippen molar-refractivity contribution in [2.45, 2.75) is 51.6 Å². The van der Waals surface area contributed by atoms with Gasteiger partial charge >= 0.3 is 0 Å². The Bertz CT molecular complexity index is 713. The van der Waals surface area contributed by atoms with Crippen molar-refractivity contribution in [3.05, 3.63) is 29.8 Å². The lowest BCUT2D eigenvalue weighted by atomic mass is 9.96. The highest BCUT2D eigenvalue weighted by atomic mass is 16.5. The molecule has 3 rings (SSSR count). The first-order valence-electron chi connectivity index (χ1n) is 9.10. The molecule has 1 saturated heterocycles. The maximum Gasteiger partial charge on any atom is 0.233 e. The molecule has 1 aromatic carbocycles. The topological polar surface area (TPSA) is 75.7 Å². The van der Waals surface area contributed by atoms with Gasteiger partial charge in [0.25, 0.3) is 0 Å². The van der Waals surface area contributed by atoms with Gasteiger partial charge in [0.1, 0.15) is 5.75 Å². The van der Waals surface area contributed by atoms with Crippen LogP contribution in [0.1, 0.15) is 45.1 Å². The van der Waals surface area contributed by atoms with Crippen molar-refractivity contribution in [3.63, 3.8) is 0 Å². The number of imide groups is 1. The number of hydrogen-bond donors (Lipinski definition) is 1. The predicted molar refractivity (Wildman–Crippen MR) is 96.5 cm³/mol. The Morgan fingerprint density at radius 1 is 1.27 bits per heavy atom. The summed E-state index contributed by atoms with van der Waals surface area (Å²) in [6.45, 7) is 5.56. The summed E-state index contributed by atoms with van der Waals surface area (Å²) in [5.41, 5.74) is 0.988. The van der Waals surface area contributed by atoms with E-state index in [0.717, 1.165) is 11.3 Å². The number of amides is 3. The molecule has 1 aliphatic carbocycles. The molecule has 0 unspecified atom stereocenters. The average molecular weight is 358 g/mol. The van der Waals surface area contributed by atoms with Crippen LogP contribution in [0.5, 0.6) is 5.75 Å². The molecule has 6 nitrogen and oxygen atoms in total. The van der Waals surface area contributed by atoms with Crippen molar-refractivity contribution in [2.75, 3.05) is 7.11 Å². The van der Waals surface area contributed by atoms with Crippen molar-refractivity contribution in [1.82, 2.24) is 10.2 Å². The number of nitrogens with zero attached hydrogens (tertiary/aromatic N) is 1. The van der Waals surface area contributed by atoms with Gasteiger partial charge in [-0.05, 0) is 30.0 Å². The van der Waals surface area contributed by atoms with Gasteiger partial charge in [-0.3, -0.25) is 19.3 Å². The van der Waals surface area contributed by atoms with Gasteiger partial charge in [-0.2, -0.15) is 0 Å². The average Bonchev–Trinajstić information content (AvgIpc) is 3.18. The van der Waals surface area contributed by atoms with Crippen molar-refractivity contribution in [1.29, 1.82) is 0 Å². The van der Waals surface area contributed by atoms with Crippen LogP contribution in [-0.4, -0.2) is 41.8 Å². The van der Waals surface area contributed by atoms with E-state index in [2.05, 4.69) is 19.2 Å². The van der Waals surface area contributed by atoms with Crippen molar-refractivity contribution in [2.24, 2.45) is 11.8 Å². The molecule has 0 bridgehead atoms. The zero-order valence-corrected chi connectivity index (χ0v) is 15.7. The number of nitrogens with one attached hydrogen (secondary N) is 1. The Hall–Kier alpha value is -2.37. The zero-order valence-electron chi connectivity index (χ0n) is 15.7. The van der Waals surface area contributed by atoms with Crippen LogP contribution in [-0.2, 0) is 14.4 Å². The summed E-state index contributed by atoms with van der Waals surface area (Å²) in [6, 6.07) is 7.02. The number of ether oxygens (including phenoxy) is 1. The lowest BCUT2D eigenvalue weighted by Crippen LogP contribution is -2.38. The second kappa shape index (κ2) is 7.09. The lowest BCUT2D eigenvalue weighted by molar-refractivity contribution is -0.140. The van der Waals surface area contributed by atoms with Crippen LogP contribution in [0.25, 0.3) is 0 Å². The normalized spacial score (nSPS) is 27.8. The number of carbonyl (C=O) groups excluding carboxylic acids is 3. The Morgan fingerprint density at radius 2 is 1.92 bits per heavy atom. The number of methoxy groups -OCH3 is 1. The van der Waals surface area contributed by atoms with E-state index < -0.39 is 0 Å². The van der Waals surface area contributed by atoms with Crippen LogP contribution in [0.4, 0.5) is 0 Å². The molecule has 4 atom stereocenters. The monoisotopic (exact) mass is 358 g/mol. The molecule has 140 valence electrons. The summed E-state index contributed by atoms with van der Waals surface area (Å²) in [6.07, 6.45) is 0.988. The summed E-state index contributed by atoms with van der Waals surface area (Å²) >= 11 is 0. The second-order valence-electron chi connectivity index (χ2n) is 7.65. The minimum absolute atomic E-state index is 0.0736. The van der Waals surface area contributed by atoms with E-state index >= 15 is 0 Å². The molecule has 0 spiro atoms. The summed E-state index contributed by atoms with van der Waals surface area (Å²) in [7, 11) is 1.60. The number of likely N-dealkylation sites (tertiary alicyclic amines) is 1. The van der Waals surface area contributed by atoms with Crippen LogP contribution in [0.2, 0.25) is 0 Å². The van der Waals surface area contributed by atoms with Gasteiger partial charge in [0.2, 0.25) is 17.7 Å². The van der Waals surface area contributed by atoms with E-state index in [1.54, 1.807) is 7.11 Å². The maximum absolute atomic E-state index is 12.8. The molecule has 26 heavy (non-hydrogen) atoms. The highest BCUT2D eigenvalue weighted by molar-refractivity contribution is 6.04. The first-order chi connectivity index (χ1) is 12.3. The minimum atomic E-state index is -0.301. The first-order valence-corrected chi connectivity index (χ1v) is 9.10. The molecule has 2 fully saturated rings. The van der Waals surface area contributed by atoms with Gasteiger partial charge in [-0.1, -0.05) is 26.0 Å². The third-order valence-electron chi connectivity index (χ3n) is 5.18. The van der Waals surface area contributed by atoms with Crippen LogP contribution < -0.4 is 10.1 Å². The molecule has 1 N–H and O–H groups in total. The third kappa shape index (κ3) is 3.45. The largest absolute Gasteiger partial charge is 0.497 e. The molecule has 1 aromatic rings. The number of hydrogen-bond acceptors (Lipinski definition) is 4. The van der Waals surface area contributed by atoms with Gasteiger partial charge in [0.05, 0.1) is 19.2 Å². The number of benzene rings is 1. The smallest absolute Gasteiger partial charge is 0.233 e. The van der Waals surface area contributed by atoms with Crippen LogP contribution in [0.15, 0.2) is 24.3 Å². The number of carbonyl (C=O) groups is 3. The van der Waals surface area contributed by atoms with E-state index in [1.807, 2.05) is 24.3 Å². The van der Waals surface area contributed by atoms with Gasteiger partial charge in [0, 0.05) is 25.2 Å². The fourth-order valence-electron chi connectivity index (χ4n) is 4.04. The lowest BCUT2D eigenvalue weighted by Gasteiger charge is -2.16. The Morgan fingerprint density at radius 3 is 2.46 bits per heavy atom. The minimum Gasteiger partial charge on any atom is -0.497 e. The highest BCUT2D eigenvalue weighted by Crippen LogP contribution is 2.48. The van der Waals surface area contributed by atoms with E-state index in [9.17, 15) is 14.4 Å². The molecular weight excluding hydrogens is 332 g/mol. The van der Waals surface area contributed by atoms with E-state index in [1.165, 1.54) is 11.8 Å². The van der Waals surface area contributed by atoms with Crippen LogP contribution in [0, 0.1) is 11.8 Å². The van der Waals surface area contributed by atoms with Crippen molar-refractivity contribution < 1.29 is 19.1 Å². The highest BCUT2D eigenvalue weighted by Gasteiger charge is 2.60. The Balaban J connectivity index is 1.83.